The van der Waals surface area contributed by atoms with Crippen molar-refractivity contribution >= 4 is 25.8 Å². The zero-order valence-electron chi connectivity index (χ0n) is 4.11. The molecule has 0 aromatic heterocycles. The summed E-state index contributed by atoms with van der Waals surface area (Å²) in [6.45, 7) is 0. The standard InChI is InChI=1S/C5H10.In/c1-2-4-5-3-1;/h1-5H2;. The Kier molecular flexibility index (Phi) is 4.63. The van der Waals surface area contributed by atoms with Gasteiger partial charge in [-0.1, -0.05) is 32.1 Å². The minimum Gasteiger partial charge on any atom is -0.0533 e. The minimum atomic E-state index is 0. The van der Waals surface area contributed by atoms with E-state index in [1.54, 1.807) is 0 Å². The van der Waals surface area contributed by atoms with Crippen molar-refractivity contribution in [3.05, 3.63) is 0 Å². The van der Waals surface area contributed by atoms with Gasteiger partial charge < -0.3 is 0 Å². The van der Waals surface area contributed by atoms with Gasteiger partial charge in [0, 0.05) is 25.8 Å². The van der Waals surface area contributed by atoms with Gasteiger partial charge >= 0.3 is 0 Å². The Labute approximate surface area is 58.1 Å². The smallest absolute Gasteiger partial charge is 0 e. The molecular weight excluding hydrogens is 175 g/mol. The third-order valence-electron chi connectivity index (χ3n) is 1.25. The molecule has 0 unspecified atom stereocenters. The van der Waals surface area contributed by atoms with Crippen molar-refractivity contribution in [1.82, 2.24) is 0 Å². The molecule has 0 spiro atoms. The van der Waals surface area contributed by atoms with Crippen molar-refractivity contribution in [2.75, 3.05) is 0 Å². The number of hydrogen-bond acceptors (Lipinski definition) is 0. The van der Waals surface area contributed by atoms with Crippen LogP contribution in [0.1, 0.15) is 32.1 Å². The van der Waals surface area contributed by atoms with Crippen LogP contribution < -0.4 is 0 Å². The molecule has 33 valence electrons. The van der Waals surface area contributed by atoms with Gasteiger partial charge in [-0.15, -0.1) is 0 Å². The molecule has 0 saturated heterocycles. The molecule has 0 atom stereocenters. The van der Waals surface area contributed by atoms with Crippen molar-refractivity contribution in [3.63, 3.8) is 0 Å². The van der Waals surface area contributed by atoms with Crippen molar-refractivity contribution < 1.29 is 0 Å². The molecule has 1 heteroatoms. The maximum absolute atomic E-state index is 1.50. The first kappa shape index (κ1) is 6.87. The average molecular weight is 185 g/mol. The second-order valence-electron chi connectivity index (χ2n) is 1.77. The summed E-state index contributed by atoms with van der Waals surface area (Å²) in [5.41, 5.74) is 0. The number of rotatable bonds is 0. The summed E-state index contributed by atoms with van der Waals surface area (Å²) >= 11 is 0. The second kappa shape index (κ2) is 4.04. The van der Waals surface area contributed by atoms with Gasteiger partial charge in [-0.25, -0.2) is 0 Å². The molecule has 0 aromatic carbocycles. The van der Waals surface area contributed by atoms with Crippen molar-refractivity contribution in [1.29, 1.82) is 0 Å². The van der Waals surface area contributed by atoms with Gasteiger partial charge in [0.15, 0.2) is 0 Å². The third-order valence-corrected chi connectivity index (χ3v) is 1.25. The van der Waals surface area contributed by atoms with Gasteiger partial charge in [-0.2, -0.15) is 0 Å². The zero-order valence-corrected chi connectivity index (χ0v) is 7.41. The normalized spacial score (nSPS) is 20.0. The van der Waals surface area contributed by atoms with Gasteiger partial charge in [0.05, 0.1) is 0 Å². The van der Waals surface area contributed by atoms with Gasteiger partial charge in [0.25, 0.3) is 0 Å². The molecule has 0 bridgehead atoms. The van der Waals surface area contributed by atoms with Crippen LogP contribution in [0.2, 0.25) is 0 Å². The van der Waals surface area contributed by atoms with Crippen molar-refractivity contribution in [3.8, 4) is 0 Å². The van der Waals surface area contributed by atoms with Crippen LogP contribution in [0.15, 0.2) is 0 Å². The van der Waals surface area contributed by atoms with Gasteiger partial charge in [-0.3, -0.25) is 0 Å². The fraction of sp³-hybridized carbons (Fsp3) is 1.00. The van der Waals surface area contributed by atoms with Crippen LogP contribution in [0, 0.1) is 0 Å². The molecule has 0 nitrogen and oxygen atoms in total. The maximum Gasteiger partial charge on any atom is 0 e. The molecule has 3 radical (unpaired) electrons. The predicted molar refractivity (Wildman–Crippen MR) is 28.8 cm³/mol. The Morgan fingerprint density at radius 3 is 0.833 bits per heavy atom. The minimum absolute atomic E-state index is 0. The third kappa shape index (κ3) is 2.12. The monoisotopic (exact) mass is 185 g/mol. The van der Waals surface area contributed by atoms with E-state index in [1.807, 2.05) is 0 Å². The van der Waals surface area contributed by atoms with E-state index in [9.17, 15) is 0 Å². The van der Waals surface area contributed by atoms with Crippen LogP contribution in [0.25, 0.3) is 0 Å². The predicted octanol–water partition coefficient (Wildman–Crippen LogP) is 1.57. The molecule has 6 heavy (non-hydrogen) atoms. The molecule has 1 aliphatic rings. The summed E-state index contributed by atoms with van der Waals surface area (Å²) in [7, 11) is 0. The molecule has 1 saturated carbocycles. The fourth-order valence-corrected chi connectivity index (χ4v) is 0.884. The van der Waals surface area contributed by atoms with Crippen LogP contribution in [0.4, 0.5) is 0 Å². The SMILES string of the molecule is C1CCCC1.[In]. The van der Waals surface area contributed by atoms with Crippen molar-refractivity contribution in [2.45, 2.75) is 32.1 Å². The molecule has 0 aromatic rings. The van der Waals surface area contributed by atoms with Gasteiger partial charge in [0.2, 0.25) is 0 Å². The van der Waals surface area contributed by atoms with E-state index in [1.165, 1.54) is 32.1 Å². The first-order chi connectivity index (χ1) is 2.50. The van der Waals surface area contributed by atoms with E-state index < -0.39 is 0 Å². The average Bonchev–Trinajstić information content (AvgIpc) is 1.76. The zero-order chi connectivity index (χ0) is 3.54. The van der Waals surface area contributed by atoms with E-state index in [4.69, 9.17) is 0 Å². The van der Waals surface area contributed by atoms with Crippen LogP contribution >= 0.6 is 0 Å². The molecule has 0 heterocycles. The first-order valence-corrected chi connectivity index (χ1v) is 2.50. The van der Waals surface area contributed by atoms with E-state index in [0.717, 1.165) is 0 Å². The largest absolute Gasteiger partial charge is 0.0533 e. The summed E-state index contributed by atoms with van der Waals surface area (Å²) in [4.78, 5) is 0. The second-order valence-corrected chi connectivity index (χ2v) is 1.77. The van der Waals surface area contributed by atoms with Crippen LogP contribution in [-0.2, 0) is 0 Å². The van der Waals surface area contributed by atoms with Crippen LogP contribution in [0.5, 0.6) is 0 Å². The van der Waals surface area contributed by atoms with Gasteiger partial charge in [0.1, 0.15) is 0 Å². The first-order valence-electron chi connectivity index (χ1n) is 2.50. The molecule has 1 aliphatic carbocycles. The van der Waals surface area contributed by atoms with E-state index in [0.29, 0.717) is 0 Å². The summed E-state index contributed by atoms with van der Waals surface area (Å²) in [6.07, 6.45) is 7.50. The quantitative estimate of drug-likeness (QED) is 0.537. The maximum atomic E-state index is 1.50. The molecule has 0 aliphatic heterocycles. The molecule has 1 fully saturated rings. The molecule has 0 N–H and O–H groups in total. The van der Waals surface area contributed by atoms with E-state index in [-0.39, 0.29) is 25.8 Å². The summed E-state index contributed by atoms with van der Waals surface area (Å²) in [5, 5.41) is 0. The molecule has 1 rings (SSSR count). The Hall–Kier alpha value is 0.870. The molecule has 0 amide bonds. The van der Waals surface area contributed by atoms with Crippen molar-refractivity contribution in [2.24, 2.45) is 0 Å². The fourth-order valence-electron chi connectivity index (χ4n) is 0.884. The summed E-state index contributed by atoms with van der Waals surface area (Å²) in [5.74, 6) is 0. The van der Waals surface area contributed by atoms with E-state index >= 15 is 0 Å². The van der Waals surface area contributed by atoms with Crippen LogP contribution in [-0.4, -0.2) is 25.8 Å². The van der Waals surface area contributed by atoms with Crippen LogP contribution in [0.3, 0.4) is 0 Å². The Morgan fingerprint density at radius 1 is 0.500 bits per heavy atom. The molecular formula is C5H10In. The van der Waals surface area contributed by atoms with E-state index in [2.05, 4.69) is 0 Å². The Morgan fingerprint density at radius 2 is 0.667 bits per heavy atom. The Balaban J connectivity index is 0.000000250. The number of hydrogen-bond donors (Lipinski definition) is 0. The Bertz CT molecular complexity index is 15.5. The topological polar surface area (TPSA) is 0 Å². The summed E-state index contributed by atoms with van der Waals surface area (Å²) in [6, 6.07) is 0. The van der Waals surface area contributed by atoms with Gasteiger partial charge in [-0.05, 0) is 0 Å². The summed E-state index contributed by atoms with van der Waals surface area (Å²) < 4.78 is 0.